The van der Waals surface area contributed by atoms with E-state index in [4.69, 9.17) is 4.74 Å². The number of carbonyl (C=O) groups excluding carboxylic acids is 4. The van der Waals surface area contributed by atoms with E-state index >= 15 is 0 Å². The van der Waals surface area contributed by atoms with Crippen molar-refractivity contribution in [3.05, 3.63) is 29.8 Å². The van der Waals surface area contributed by atoms with Gasteiger partial charge in [0.1, 0.15) is 17.8 Å². The molecule has 4 atom stereocenters. The molecule has 3 saturated heterocycles. The maximum Gasteiger partial charge on any atom is 0.248 e. The Hall–Kier alpha value is -3.10. The summed E-state index contributed by atoms with van der Waals surface area (Å²) in [6.45, 7) is 0.761. The van der Waals surface area contributed by atoms with Gasteiger partial charge in [-0.2, -0.15) is 0 Å². The summed E-state index contributed by atoms with van der Waals surface area (Å²) in [5.41, 5.74) is 0.777. The maximum atomic E-state index is 13.6. The van der Waals surface area contributed by atoms with Gasteiger partial charge in [0.15, 0.2) is 0 Å². The van der Waals surface area contributed by atoms with Crippen LogP contribution in [0.2, 0.25) is 0 Å². The Labute approximate surface area is 199 Å². The molecule has 2 N–H and O–H groups in total. The molecule has 1 saturated carbocycles. The molecule has 4 aliphatic rings. The van der Waals surface area contributed by atoms with Crippen LogP contribution >= 0.6 is 0 Å². The van der Waals surface area contributed by atoms with E-state index in [2.05, 4.69) is 10.6 Å². The number of fused-ring (bicyclic) bond motifs is 2. The summed E-state index contributed by atoms with van der Waals surface area (Å²) in [5, 5.41) is 6.01. The quantitative estimate of drug-likeness (QED) is 0.659. The molecule has 3 aliphatic heterocycles. The van der Waals surface area contributed by atoms with Gasteiger partial charge in [-0.3, -0.25) is 19.2 Å². The van der Waals surface area contributed by atoms with Crippen LogP contribution in [-0.2, 0) is 25.6 Å². The van der Waals surface area contributed by atoms with E-state index in [0.29, 0.717) is 25.1 Å². The fourth-order valence-electron chi connectivity index (χ4n) is 6.09. The number of ether oxygens (including phenoxy) is 1. The molecule has 4 amide bonds. The first-order valence-corrected chi connectivity index (χ1v) is 12.3. The number of amides is 4. The van der Waals surface area contributed by atoms with Crippen LogP contribution in [0.1, 0.15) is 44.1 Å². The lowest BCUT2D eigenvalue weighted by molar-refractivity contribution is -0.146. The molecule has 0 radical (unpaired) electrons. The van der Waals surface area contributed by atoms with Gasteiger partial charge < -0.3 is 25.2 Å². The van der Waals surface area contributed by atoms with Crippen LogP contribution in [0.25, 0.3) is 0 Å². The molecule has 0 aromatic heterocycles. The van der Waals surface area contributed by atoms with E-state index in [9.17, 15) is 19.2 Å². The zero-order valence-electron chi connectivity index (χ0n) is 19.5. The Morgan fingerprint density at radius 3 is 2.68 bits per heavy atom. The fraction of sp³-hybridized carbons (Fsp3) is 0.600. The monoisotopic (exact) mass is 468 g/mol. The van der Waals surface area contributed by atoms with Gasteiger partial charge in [0.2, 0.25) is 23.6 Å². The number of para-hydroxylation sites is 1. The number of nitrogens with one attached hydrogen (secondary N) is 2. The summed E-state index contributed by atoms with van der Waals surface area (Å²) in [7, 11) is 1.57. The van der Waals surface area contributed by atoms with Gasteiger partial charge in [-0.1, -0.05) is 31.0 Å². The minimum atomic E-state index is -0.648. The predicted molar refractivity (Wildman–Crippen MR) is 123 cm³/mol. The summed E-state index contributed by atoms with van der Waals surface area (Å²) < 4.78 is 5.32. The van der Waals surface area contributed by atoms with Crippen molar-refractivity contribution in [2.24, 2.45) is 5.92 Å². The summed E-state index contributed by atoms with van der Waals surface area (Å²) in [6, 6.07) is 5.41. The number of hydrogen-bond acceptors (Lipinski definition) is 5. The smallest absolute Gasteiger partial charge is 0.248 e. The van der Waals surface area contributed by atoms with E-state index in [1.54, 1.807) is 16.9 Å². The molecule has 0 unspecified atom stereocenters. The van der Waals surface area contributed by atoms with E-state index in [-0.39, 0.29) is 54.6 Å². The molecule has 4 fully saturated rings. The predicted octanol–water partition coefficient (Wildman–Crippen LogP) is 0.613. The van der Waals surface area contributed by atoms with Gasteiger partial charge in [0, 0.05) is 30.6 Å². The number of nitrogens with zero attached hydrogens (tertiary/aromatic N) is 2. The van der Waals surface area contributed by atoms with Gasteiger partial charge in [-0.25, -0.2) is 0 Å². The lowest BCUT2D eigenvalue weighted by Crippen LogP contribution is -2.53. The van der Waals surface area contributed by atoms with E-state index in [0.717, 1.165) is 31.2 Å². The second-order valence-electron chi connectivity index (χ2n) is 9.86. The third-order valence-electron chi connectivity index (χ3n) is 7.76. The third kappa shape index (κ3) is 4.12. The van der Waals surface area contributed by atoms with Crippen molar-refractivity contribution in [2.75, 3.05) is 20.2 Å². The summed E-state index contributed by atoms with van der Waals surface area (Å²) in [5.74, 6) is 0.119. The molecule has 0 bridgehead atoms. The number of hydrogen-bond donors (Lipinski definition) is 2. The zero-order chi connectivity index (χ0) is 23.8. The summed E-state index contributed by atoms with van der Waals surface area (Å²) in [6.07, 6.45) is 4.96. The molecule has 1 aliphatic carbocycles. The highest BCUT2D eigenvalue weighted by atomic mass is 16.5. The van der Waals surface area contributed by atoms with Gasteiger partial charge in [0.25, 0.3) is 0 Å². The highest BCUT2D eigenvalue weighted by molar-refractivity contribution is 5.97. The molecule has 9 heteroatoms. The van der Waals surface area contributed by atoms with Crippen molar-refractivity contribution >= 4 is 23.6 Å². The van der Waals surface area contributed by atoms with Crippen molar-refractivity contribution in [1.29, 1.82) is 0 Å². The number of benzene rings is 1. The van der Waals surface area contributed by atoms with Crippen LogP contribution in [0, 0.1) is 5.92 Å². The number of rotatable bonds is 5. The maximum absolute atomic E-state index is 13.6. The number of likely N-dealkylation sites (tertiary alicyclic amines) is 1. The number of carbonyl (C=O) groups is 4. The second kappa shape index (κ2) is 9.27. The molecular formula is C25H32N4O5. The van der Waals surface area contributed by atoms with Crippen molar-refractivity contribution in [3.8, 4) is 5.75 Å². The minimum Gasteiger partial charge on any atom is -0.496 e. The molecule has 9 nitrogen and oxygen atoms in total. The van der Waals surface area contributed by atoms with Crippen LogP contribution < -0.4 is 15.4 Å². The first kappa shape index (κ1) is 22.7. The van der Waals surface area contributed by atoms with Crippen molar-refractivity contribution in [2.45, 2.75) is 69.1 Å². The summed E-state index contributed by atoms with van der Waals surface area (Å²) >= 11 is 0. The van der Waals surface area contributed by atoms with Crippen molar-refractivity contribution in [3.63, 3.8) is 0 Å². The topological polar surface area (TPSA) is 108 Å². The Bertz CT molecular complexity index is 991. The van der Waals surface area contributed by atoms with Crippen molar-refractivity contribution < 1.29 is 23.9 Å². The lowest BCUT2D eigenvalue weighted by Gasteiger charge is -2.30. The highest BCUT2D eigenvalue weighted by Gasteiger charge is 2.53. The highest BCUT2D eigenvalue weighted by Crippen LogP contribution is 2.33. The van der Waals surface area contributed by atoms with Crippen LogP contribution in [0.4, 0.5) is 0 Å². The average molecular weight is 469 g/mol. The Morgan fingerprint density at radius 1 is 1.15 bits per heavy atom. The standard InChI is InChI=1S/C25H32N4O5/c1-34-20-9-5-4-8-16(20)12-21(30)26-17-13-19-23(31)27-18-10-11-28(22(18)25(33)29(19)14-17)24(32)15-6-2-3-7-15/h4-5,8-9,15,17-19,22H,2-3,6-7,10-14H2,1H3,(H,26,30)(H,27,31)/t17-,18-,19+,22+/m1/s1. The lowest BCUT2D eigenvalue weighted by atomic mass is 10.0. The molecule has 3 heterocycles. The van der Waals surface area contributed by atoms with Gasteiger partial charge in [0.05, 0.1) is 19.6 Å². The molecular weight excluding hydrogens is 436 g/mol. The van der Waals surface area contributed by atoms with Crippen molar-refractivity contribution in [1.82, 2.24) is 20.4 Å². The first-order chi connectivity index (χ1) is 16.5. The van der Waals surface area contributed by atoms with E-state index < -0.39 is 12.1 Å². The third-order valence-corrected chi connectivity index (χ3v) is 7.76. The molecule has 1 aromatic rings. The van der Waals surface area contributed by atoms with Gasteiger partial charge >= 0.3 is 0 Å². The SMILES string of the molecule is COc1ccccc1CC(=O)N[C@@H]1C[C@H]2C(=O)N[C@@H]3CCN(C(=O)C4CCCC4)[C@@H]3C(=O)N2C1. The molecule has 1 aromatic carbocycles. The van der Waals surface area contributed by atoms with Crippen LogP contribution in [0.15, 0.2) is 24.3 Å². The van der Waals surface area contributed by atoms with E-state index in [1.807, 2.05) is 24.3 Å². The van der Waals surface area contributed by atoms with Gasteiger partial charge in [-0.05, 0) is 31.7 Å². The Balaban J connectivity index is 1.27. The largest absolute Gasteiger partial charge is 0.496 e. The number of methoxy groups -OCH3 is 1. The molecule has 182 valence electrons. The minimum absolute atomic E-state index is 0.0121. The average Bonchev–Trinajstić information content (AvgIpc) is 3.57. The molecule has 0 spiro atoms. The molecule has 5 rings (SSSR count). The van der Waals surface area contributed by atoms with Crippen LogP contribution in [0.3, 0.4) is 0 Å². The van der Waals surface area contributed by atoms with E-state index in [1.165, 1.54) is 0 Å². The summed E-state index contributed by atoms with van der Waals surface area (Å²) in [4.78, 5) is 55.7. The van der Waals surface area contributed by atoms with Crippen LogP contribution in [-0.4, -0.2) is 77.8 Å². The van der Waals surface area contributed by atoms with Gasteiger partial charge in [-0.15, -0.1) is 0 Å². The molecule has 34 heavy (non-hydrogen) atoms. The fourth-order valence-corrected chi connectivity index (χ4v) is 6.09. The second-order valence-corrected chi connectivity index (χ2v) is 9.86. The van der Waals surface area contributed by atoms with Crippen LogP contribution in [0.5, 0.6) is 5.75 Å². The Morgan fingerprint density at radius 2 is 1.91 bits per heavy atom. The zero-order valence-corrected chi connectivity index (χ0v) is 19.5. The normalized spacial score (nSPS) is 28.9. The first-order valence-electron chi connectivity index (χ1n) is 12.3. The Kier molecular flexibility index (Phi) is 6.18.